The maximum atomic E-state index is 9.77. The highest BCUT2D eigenvalue weighted by molar-refractivity contribution is 6.32. The molecule has 1 heterocycles. The van der Waals surface area contributed by atoms with E-state index < -0.39 is 0 Å². The number of hydrogen-bond donors (Lipinski definition) is 1. The molecule has 0 radical (unpaired) electrons. The highest BCUT2D eigenvalue weighted by Gasteiger charge is 2.15. The van der Waals surface area contributed by atoms with Crippen molar-refractivity contribution in [2.75, 3.05) is 6.61 Å². The number of nitrogens with zero attached hydrogens (tertiary/aromatic N) is 2. The second-order valence-electron chi connectivity index (χ2n) is 7.42. The molecule has 4 aromatic rings. The number of nitrogens with one attached hydrogen (secondary N) is 1. The Morgan fingerprint density at radius 2 is 1.91 bits per heavy atom. The van der Waals surface area contributed by atoms with Crippen LogP contribution < -0.4 is 9.47 Å². The van der Waals surface area contributed by atoms with E-state index in [0.29, 0.717) is 45.1 Å². The molecule has 1 aromatic heterocycles. The molecule has 0 aliphatic rings. The van der Waals surface area contributed by atoms with Crippen LogP contribution in [0.25, 0.3) is 22.7 Å². The molecule has 33 heavy (non-hydrogen) atoms. The van der Waals surface area contributed by atoms with E-state index in [0.717, 1.165) is 22.2 Å². The molecule has 0 saturated carbocycles. The first-order valence-corrected chi connectivity index (χ1v) is 11.1. The summed E-state index contributed by atoms with van der Waals surface area (Å²) in [5, 5.41) is 10.8. The van der Waals surface area contributed by atoms with E-state index >= 15 is 0 Å². The van der Waals surface area contributed by atoms with Gasteiger partial charge in [-0.2, -0.15) is 5.26 Å². The lowest BCUT2D eigenvalue weighted by Crippen LogP contribution is -2.01. The molecule has 0 amide bonds. The third kappa shape index (κ3) is 5.14. The number of aryl methyl sites for hydroxylation is 1. The smallest absolute Gasteiger partial charge is 0.180 e. The zero-order valence-corrected chi connectivity index (χ0v) is 19.7. The lowest BCUT2D eigenvalue weighted by atomic mass is 10.1. The molecule has 4 rings (SSSR count). The molecule has 3 aromatic carbocycles. The Kier molecular flexibility index (Phi) is 6.88. The number of nitriles is 1. The van der Waals surface area contributed by atoms with E-state index in [9.17, 15) is 5.26 Å². The van der Waals surface area contributed by atoms with Crippen molar-refractivity contribution in [3.05, 3.63) is 87.2 Å². The number of imidazole rings is 1. The zero-order chi connectivity index (χ0) is 23.4. The standard InChI is InChI=1S/C26H21Cl2N3O2/c1-3-32-24-13-17(12-21(28)25(24)33-15-18-6-4-5-7-20(18)27)11-19(14-29)26-30-22-9-8-16(2)10-23(22)31-26/h4-13H,3,15H2,1-2H3,(H,30,31). The number of halogens is 2. The number of fused-ring (bicyclic) bond motifs is 1. The van der Waals surface area contributed by atoms with Gasteiger partial charge in [-0.3, -0.25) is 0 Å². The van der Waals surface area contributed by atoms with Gasteiger partial charge in [-0.15, -0.1) is 0 Å². The number of aromatic nitrogens is 2. The van der Waals surface area contributed by atoms with Crippen LogP contribution in [0.1, 0.15) is 29.4 Å². The number of ether oxygens (including phenoxy) is 2. The molecule has 0 bridgehead atoms. The third-order valence-electron chi connectivity index (χ3n) is 4.99. The van der Waals surface area contributed by atoms with Crippen LogP contribution >= 0.6 is 23.2 Å². The summed E-state index contributed by atoms with van der Waals surface area (Å²) in [6.07, 6.45) is 1.72. The minimum absolute atomic E-state index is 0.247. The first-order valence-electron chi connectivity index (χ1n) is 10.4. The van der Waals surface area contributed by atoms with Crippen molar-refractivity contribution >= 4 is 45.9 Å². The third-order valence-corrected chi connectivity index (χ3v) is 5.63. The predicted molar refractivity (Wildman–Crippen MR) is 133 cm³/mol. The molecular weight excluding hydrogens is 457 g/mol. The van der Waals surface area contributed by atoms with Gasteiger partial charge < -0.3 is 14.5 Å². The average Bonchev–Trinajstić information content (AvgIpc) is 3.21. The molecule has 0 fully saturated rings. The van der Waals surface area contributed by atoms with Gasteiger partial charge in [0, 0.05) is 10.6 Å². The van der Waals surface area contributed by atoms with Crippen LogP contribution in [0.15, 0.2) is 54.6 Å². The van der Waals surface area contributed by atoms with Crippen LogP contribution in [0.3, 0.4) is 0 Å². The van der Waals surface area contributed by atoms with Gasteiger partial charge in [-0.05, 0) is 61.4 Å². The van der Waals surface area contributed by atoms with Crippen LogP contribution in [0, 0.1) is 18.3 Å². The van der Waals surface area contributed by atoms with Crippen molar-refractivity contribution < 1.29 is 9.47 Å². The molecule has 0 saturated heterocycles. The molecular formula is C26H21Cl2N3O2. The minimum Gasteiger partial charge on any atom is -0.490 e. The maximum Gasteiger partial charge on any atom is 0.180 e. The molecule has 0 spiro atoms. The number of hydrogen-bond acceptors (Lipinski definition) is 4. The minimum atomic E-state index is 0.247. The van der Waals surface area contributed by atoms with Crippen LogP contribution in [0.2, 0.25) is 10.0 Å². The van der Waals surface area contributed by atoms with Gasteiger partial charge in [-0.25, -0.2) is 4.98 Å². The van der Waals surface area contributed by atoms with E-state index in [1.165, 1.54) is 0 Å². The van der Waals surface area contributed by atoms with Crippen molar-refractivity contribution in [3.63, 3.8) is 0 Å². The summed E-state index contributed by atoms with van der Waals surface area (Å²) < 4.78 is 11.7. The largest absolute Gasteiger partial charge is 0.490 e. The predicted octanol–water partition coefficient (Wildman–Crippen LogP) is 7.22. The second-order valence-corrected chi connectivity index (χ2v) is 8.23. The fraction of sp³-hybridized carbons (Fsp3) is 0.154. The molecule has 0 unspecified atom stereocenters. The number of H-pyrrole nitrogens is 1. The molecule has 0 atom stereocenters. The molecule has 5 nitrogen and oxygen atoms in total. The van der Waals surface area contributed by atoms with Gasteiger partial charge in [0.05, 0.1) is 28.2 Å². The zero-order valence-electron chi connectivity index (χ0n) is 18.2. The van der Waals surface area contributed by atoms with Crippen molar-refractivity contribution in [1.29, 1.82) is 5.26 Å². The SMILES string of the molecule is CCOc1cc(C=C(C#N)c2nc3ccc(C)cc3[nH]2)cc(Cl)c1OCc1ccccc1Cl. The van der Waals surface area contributed by atoms with E-state index in [1.807, 2.05) is 56.3 Å². The summed E-state index contributed by atoms with van der Waals surface area (Å²) in [6, 6.07) is 19.1. The molecule has 0 aliphatic heterocycles. The lowest BCUT2D eigenvalue weighted by Gasteiger charge is -2.15. The van der Waals surface area contributed by atoms with E-state index in [4.69, 9.17) is 32.7 Å². The average molecular weight is 478 g/mol. The fourth-order valence-corrected chi connectivity index (χ4v) is 3.87. The topological polar surface area (TPSA) is 70.9 Å². The summed E-state index contributed by atoms with van der Waals surface area (Å²) >= 11 is 12.8. The van der Waals surface area contributed by atoms with Crippen molar-refractivity contribution in [1.82, 2.24) is 9.97 Å². The normalized spacial score (nSPS) is 11.4. The van der Waals surface area contributed by atoms with Gasteiger partial charge in [0.25, 0.3) is 0 Å². The maximum absolute atomic E-state index is 9.77. The number of benzene rings is 3. The van der Waals surface area contributed by atoms with Crippen molar-refractivity contribution in [3.8, 4) is 17.6 Å². The molecule has 166 valence electrons. The fourth-order valence-electron chi connectivity index (χ4n) is 3.41. The Morgan fingerprint density at radius 3 is 2.67 bits per heavy atom. The van der Waals surface area contributed by atoms with E-state index in [1.54, 1.807) is 18.2 Å². The first kappa shape index (κ1) is 22.7. The van der Waals surface area contributed by atoms with Crippen LogP contribution in [0.5, 0.6) is 11.5 Å². The summed E-state index contributed by atoms with van der Waals surface area (Å²) in [5.74, 6) is 1.40. The number of aromatic amines is 1. The van der Waals surface area contributed by atoms with Gasteiger partial charge >= 0.3 is 0 Å². The molecule has 0 aliphatic carbocycles. The van der Waals surface area contributed by atoms with E-state index in [-0.39, 0.29) is 6.61 Å². The van der Waals surface area contributed by atoms with Gasteiger partial charge in [0.15, 0.2) is 11.5 Å². The summed E-state index contributed by atoms with van der Waals surface area (Å²) in [6.45, 7) is 4.56. The van der Waals surface area contributed by atoms with Gasteiger partial charge in [0.2, 0.25) is 0 Å². The quantitative estimate of drug-likeness (QED) is 0.285. The highest BCUT2D eigenvalue weighted by atomic mass is 35.5. The van der Waals surface area contributed by atoms with Crippen LogP contribution in [-0.4, -0.2) is 16.6 Å². The van der Waals surface area contributed by atoms with E-state index in [2.05, 4.69) is 16.0 Å². The number of allylic oxidation sites excluding steroid dienone is 1. The number of rotatable bonds is 7. The molecule has 7 heteroatoms. The Balaban J connectivity index is 1.67. The highest BCUT2D eigenvalue weighted by Crippen LogP contribution is 2.38. The lowest BCUT2D eigenvalue weighted by molar-refractivity contribution is 0.269. The summed E-state index contributed by atoms with van der Waals surface area (Å²) in [4.78, 5) is 7.76. The Hall–Kier alpha value is -3.46. The Morgan fingerprint density at radius 1 is 1.09 bits per heavy atom. The summed E-state index contributed by atoms with van der Waals surface area (Å²) in [7, 11) is 0. The van der Waals surface area contributed by atoms with Crippen molar-refractivity contribution in [2.45, 2.75) is 20.5 Å². The van der Waals surface area contributed by atoms with Gasteiger partial charge in [-0.1, -0.05) is 47.5 Å². The van der Waals surface area contributed by atoms with Crippen LogP contribution in [0.4, 0.5) is 0 Å². The summed E-state index contributed by atoms with van der Waals surface area (Å²) in [5.41, 5.74) is 4.71. The monoisotopic (exact) mass is 477 g/mol. The first-order chi connectivity index (χ1) is 16.0. The Labute approximate surface area is 202 Å². The van der Waals surface area contributed by atoms with Crippen molar-refractivity contribution in [2.24, 2.45) is 0 Å². The van der Waals surface area contributed by atoms with Crippen LogP contribution in [-0.2, 0) is 6.61 Å². The second kappa shape index (κ2) is 9.99. The van der Waals surface area contributed by atoms with Gasteiger partial charge in [0.1, 0.15) is 18.5 Å². The molecule has 1 N–H and O–H groups in total. The Bertz CT molecular complexity index is 1390.